The predicted octanol–water partition coefficient (Wildman–Crippen LogP) is 3.68. The van der Waals surface area contributed by atoms with Gasteiger partial charge in [0.1, 0.15) is 0 Å². The molecule has 15 heavy (non-hydrogen) atoms. The Kier molecular flexibility index (Phi) is 72.2. The first-order valence-corrected chi connectivity index (χ1v) is 6.27. The third kappa shape index (κ3) is 93.4. The number of hydrogen-bond acceptors (Lipinski definition) is 2. The van der Waals surface area contributed by atoms with Gasteiger partial charge < -0.3 is 25.3 Å². The fraction of sp³-hybridized carbons (Fsp3) is 0.833. The Bertz CT molecular complexity index is 49.6. The second-order valence-electron chi connectivity index (χ2n) is 3.12. The average molecular weight is 355 g/mol. The predicted molar refractivity (Wildman–Crippen MR) is 82.0 cm³/mol. The molecule has 0 spiro atoms. The van der Waals surface area contributed by atoms with E-state index in [2.05, 4.69) is 66.8 Å². The fourth-order valence-electron chi connectivity index (χ4n) is 0. The molecule has 0 aromatic heterocycles. The van der Waals surface area contributed by atoms with Gasteiger partial charge in [0.05, 0.1) is 0 Å². The van der Waals surface area contributed by atoms with Crippen LogP contribution < -0.4 is 0 Å². The van der Waals surface area contributed by atoms with Crippen LogP contribution in [0.3, 0.4) is 0 Å². The molecule has 3 heteroatoms. The SMILES string of the molecule is CC(C)C[S-].CC(C)C[S-].[CH2]C.[CH2]C.[Sn+2]. The Morgan fingerprint density at radius 1 is 0.733 bits per heavy atom. The maximum absolute atomic E-state index is 4.68. The Morgan fingerprint density at radius 3 is 0.800 bits per heavy atom. The zero-order valence-electron chi connectivity index (χ0n) is 11.3. The van der Waals surface area contributed by atoms with Crippen molar-refractivity contribution in [2.45, 2.75) is 41.5 Å². The summed E-state index contributed by atoms with van der Waals surface area (Å²) in [5.41, 5.74) is 0. The van der Waals surface area contributed by atoms with Gasteiger partial charge in [0.25, 0.3) is 0 Å². The van der Waals surface area contributed by atoms with Crippen LogP contribution in [0.4, 0.5) is 0 Å². The molecule has 0 amide bonds. The molecule has 0 saturated carbocycles. The van der Waals surface area contributed by atoms with Crippen molar-refractivity contribution < 1.29 is 0 Å². The molecular weight excluding hydrogens is 327 g/mol. The van der Waals surface area contributed by atoms with E-state index in [-0.39, 0.29) is 23.9 Å². The van der Waals surface area contributed by atoms with Crippen molar-refractivity contribution in [3.05, 3.63) is 13.8 Å². The smallest absolute Gasteiger partial charge is 0.792 e. The van der Waals surface area contributed by atoms with Gasteiger partial charge in [0.15, 0.2) is 0 Å². The van der Waals surface area contributed by atoms with Gasteiger partial charge in [0, 0.05) is 0 Å². The number of hydrogen-bond donors (Lipinski definition) is 0. The fourth-order valence-corrected chi connectivity index (χ4v) is 0. The molecule has 4 radical (unpaired) electrons. The van der Waals surface area contributed by atoms with Crippen LogP contribution in [0, 0.1) is 25.7 Å². The van der Waals surface area contributed by atoms with Gasteiger partial charge in [0.2, 0.25) is 0 Å². The maximum Gasteiger partial charge on any atom is 2.00 e. The summed E-state index contributed by atoms with van der Waals surface area (Å²) in [5.74, 6) is 3.18. The molecule has 92 valence electrons. The molecule has 0 atom stereocenters. The molecular formula is C12H28S2Sn. The summed E-state index contributed by atoms with van der Waals surface area (Å²) in [5, 5.41) is 0. The number of rotatable bonds is 2. The van der Waals surface area contributed by atoms with E-state index in [1.54, 1.807) is 13.8 Å². The molecule has 0 aliphatic heterocycles. The van der Waals surface area contributed by atoms with Crippen LogP contribution in [-0.2, 0) is 25.3 Å². The topological polar surface area (TPSA) is 0 Å². The van der Waals surface area contributed by atoms with Gasteiger partial charge in [-0.15, -0.1) is 0 Å². The molecule has 0 heterocycles. The zero-order chi connectivity index (χ0) is 12.6. The van der Waals surface area contributed by atoms with Crippen LogP contribution in [0.5, 0.6) is 0 Å². The molecule has 0 rings (SSSR count). The molecule has 0 N–H and O–H groups in total. The van der Waals surface area contributed by atoms with Crippen molar-refractivity contribution in [3.8, 4) is 0 Å². The van der Waals surface area contributed by atoms with Crippen molar-refractivity contribution in [2.24, 2.45) is 11.8 Å². The van der Waals surface area contributed by atoms with Gasteiger partial charge in [-0.1, -0.05) is 67.2 Å². The van der Waals surface area contributed by atoms with E-state index < -0.39 is 0 Å². The quantitative estimate of drug-likeness (QED) is 0.548. The molecule has 0 nitrogen and oxygen atoms in total. The first-order valence-electron chi connectivity index (χ1n) is 5.12. The molecule has 0 saturated heterocycles. The van der Waals surface area contributed by atoms with Gasteiger partial charge in [-0.3, -0.25) is 0 Å². The molecule has 0 aromatic rings. The summed E-state index contributed by atoms with van der Waals surface area (Å²) in [6.07, 6.45) is 0. The first kappa shape index (κ1) is 30.0. The van der Waals surface area contributed by atoms with Crippen LogP contribution in [-0.4, -0.2) is 35.4 Å². The largest absolute Gasteiger partial charge is 2.00 e. The van der Waals surface area contributed by atoms with E-state index in [4.69, 9.17) is 0 Å². The van der Waals surface area contributed by atoms with Crippen molar-refractivity contribution in [1.82, 2.24) is 0 Å². The summed E-state index contributed by atoms with van der Waals surface area (Å²) in [7, 11) is 0. The van der Waals surface area contributed by atoms with Gasteiger partial charge >= 0.3 is 23.9 Å². The van der Waals surface area contributed by atoms with Crippen LogP contribution in [0.2, 0.25) is 0 Å². The van der Waals surface area contributed by atoms with Crippen molar-refractivity contribution in [1.29, 1.82) is 0 Å². The van der Waals surface area contributed by atoms with E-state index in [9.17, 15) is 0 Å². The standard InChI is InChI=1S/2C4H10S.2C2H5.Sn/c2*1-4(2)3-5;2*1-2;/h2*4-5H,3H2,1-2H3;2*1H2,2H3;/q;;;;+2/p-2. The van der Waals surface area contributed by atoms with E-state index in [1.807, 2.05) is 0 Å². The molecule has 0 bridgehead atoms. The summed E-state index contributed by atoms with van der Waals surface area (Å²) in [4.78, 5) is 0. The van der Waals surface area contributed by atoms with Crippen LogP contribution in [0.25, 0.3) is 0 Å². The van der Waals surface area contributed by atoms with Gasteiger partial charge in [-0.05, 0) is 0 Å². The van der Waals surface area contributed by atoms with Crippen molar-refractivity contribution in [3.63, 3.8) is 0 Å². The molecule has 0 unspecified atom stereocenters. The maximum atomic E-state index is 4.68. The monoisotopic (exact) mass is 356 g/mol. The summed E-state index contributed by atoms with van der Waals surface area (Å²) in [6, 6.07) is 0. The van der Waals surface area contributed by atoms with E-state index in [0.717, 1.165) is 11.5 Å². The van der Waals surface area contributed by atoms with Crippen LogP contribution in [0.15, 0.2) is 0 Å². The minimum atomic E-state index is 0. The Morgan fingerprint density at radius 2 is 0.800 bits per heavy atom. The normalized spacial score (nSPS) is 7.20. The summed E-state index contributed by atoms with van der Waals surface area (Å²) in [6.45, 7) is 18.5. The third-order valence-electron chi connectivity index (χ3n) is 0.667. The van der Waals surface area contributed by atoms with Crippen LogP contribution >= 0.6 is 0 Å². The van der Waals surface area contributed by atoms with Gasteiger partial charge in [-0.2, -0.15) is 11.5 Å². The Hall–Kier alpha value is 1.50. The van der Waals surface area contributed by atoms with Crippen LogP contribution in [0.1, 0.15) is 41.5 Å². The summed E-state index contributed by atoms with van der Waals surface area (Å²) < 4.78 is 0. The Labute approximate surface area is 127 Å². The Balaban J connectivity index is -0.0000000318. The second kappa shape index (κ2) is 36.1. The van der Waals surface area contributed by atoms with Gasteiger partial charge in [-0.25, -0.2) is 0 Å². The molecule has 0 aromatic carbocycles. The molecule has 0 aliphatic rings. The van der Waals surface area contributed by atoms with E-state index in [1.165, 1.54) is 0 Å². The minimum absolute atomic E-state index is 0. The minimum Gasteiger partial charge on any atom is -0.792 e. The zero-order valence-corrected chi connectivity index (χ0v) is 15.8. The van der Waals surface area contributed by atoms with E-state index in [0.29, 0.717) is 11.8 Å². The first-order chi connectivity index (χ1) is 6.54. The average Bonchev–Trinajstić information content (AvgIpc) is 2.24. The summed E-state index contributed by atoms with van der Waals surface area (Å²) >= 11 is 9.35. The third-order valence-corrected chi connectivity index (χ3v) is 2.00. The molecule has 0 aliphatic carbocycles. The molecule has 0 fully saturated rings. The second-order valence-corrected chi connectivity index (χ2v) is 3.79. The van der Waals surface area contributed by atoms with E-state index >= 15 is 0 Å². The van der Waals surface area contributed by atoms with Crippen molar-refractivity contribution >= 4 is 49.2 Å². The van der Waals surface area contributed by atoms with Crippen molar-refractivity contribution in [2.75, 3.05) is 11.5 Å².